The number of aliphatic hydroxyl groups is 1. The first-order valence-corrected chi connectivity index (χ1v) is 12.7. The van der Waals surface area contributed by atoms with Crippen molar-refractivity contribution in [2.75, 3.05) is 13.2 Å². The van der Waals surface area contributed by atoms with Gasteiger partial charge in [-0.25, -0.2) is 4.99 Å². The van der Waals surface area contributed by atoms with E-state index in [0.29, 0.717) is 30.2 Å². The van der Waals surface area contributed by atoms with Gasteiger partial charge in [-0.2, -0.15) is 0 Å². The number of rotatable bonds is 8. The Morgan fingerprint density at radius 1 is 1.11 bits per heavy atom. The lowest BCUT2D eigenvalue weighted by molar-refractivity contribution is -0.149. The number of benzene rings is 3. The molecule has 0 unspecified atom stereocenters. The van der Waals surface area contributed by atoms with E-state index in [1.807, 2.05) is 91.0 Å². The van der Waals surface area contributed by atoms with Gasteiger partial charge in [0.05, 0.1) is 13.2 Å². The molecule has 2 atom stereocenters. The number of carbonyl (C=O) groups is 2. The number of hydrogen-bond acceptors (Lipinski definition) is 6. The Balaban J connectivity index is 1.56. The van der Waals surface area contributed by atoms with Gasteiger partial charge in [0.25, 0.3) is 5.91 Å². The quantitative estimate of drug-likeness (QED) is 0.444. The van der Waals surface area contributed by atoms with Crippen molar-refractivity contribution >= 4 is 23.8 Å². The lowest BCUT2D eigenvalue weighted by Gasteiger charge is -2.30. The van der Waals surface area contributed by atoms with Crippen LogP contribution >= 0.6 is 0 Å². The zero-order valence-electron chi connectivity index (χ0n) is 21.2. The smallest absolute Gasteiger partial charge is 0.262 e. The second-order valence-corrected chi connectivity index (χ2v) is 9.42. The number of hydrogen-bond donors (Lipinski definition) is 1. The molecule has 2 amide bonds. The van der Waals surface area contributed by atoms with Crippen LogP contribution in [0, 0.1) is 0 Å². The molecule has 38 heavy (non-hydrogen) atoms. The maximum Gasteiger partial charge on any atom is 0.262 e. The minimum absolute atomic E-state index is 0.0672. The lowest BCUT2D eigenvalue weighted by Crippen LogP contribution is -2.49. The fraction of sp³-hybridized carbons (Fsp3) is 0.258. The molecule has 2 aliphatic rings. The van der Waals surface area contributed by atoms with Crippen LogP contribution in [0.3, 0.4) is 0 Å². The standard InChI is InChI=1S/C31H30N2O5/c1-22(35)33-21-25-12-5-6-13-27(25)28-31(30(33)36,18-7-11-23-9-3-2-4-10-23)32-29(38-28)24-14-16-26(17-15-24)37-20-8-19-34/h2-7,9-17,28,34H,8,18-21H2,1H3/b11-7+/t28-,31-/m1/s1. The summed E-state index contributed by atoms with van der Waals surface area (Å²) < 4.78 is 12.1. The average Bonchev–Trinajstić information content (AvgIpc) is 3.29. The van der Waals surface area contributed by atoms with Gasteiger partial charge >= 0.3 is 0 Å². The highest BCUT2D eigenvalue weighted by atomic mass is 16.5. The first-order chi connectivity index (χ1) is 18.5. The molecule has 0 aliphatic carbocycles. The van der Waals surface area contributed by atoms with Crippen LogP contribution in [0.1, 0.15) is 48.1 Å². The first-order valence-electron chi connectivity index (χ1n) is 12.7. The molecule has 0 spiro atoms. The lowest BCUT2D eigenvalue weighted by atomic mass is 9.84. The second kappa shape index (κ2) is 11.0. The van der Waals surface area contributed by atoms with Crippen molar-refractivity contribution < 1.29 is 24.2 Å². The van der Waals surface area contributed by atoms with Crippen LogP contribution in [0.4, 0.5) is 0 Å². The number of carbonyl (C=O) groups excluding carboxylic acids is 2. The predicted molar refractivity (Wildman–Crippen MR) is 144 cm³/mol. The van der Waals surface area contributed by atoms with E-state index in [1.54, 1.807) is 0 Å². The Labute approximate surface area is 222 Å². The number of aliphatic imine (C=N–C) groups is 1. The van der Waals surface area contributed by atoms with Crippen LogP contribution in [0.5, 0.6) is 5.75 Å². The third kappa shape index (κ3) is 4.97. The normalized spacial score (nSPS) is 20.4. The molecule has 0 saturated heterocycles. The molecule has 7 nitrogen and oxygen atoms in total. The van der Waals surface area contributed by atoms with Gasteiger partial charge in [0.1, 0.15) is 5.75 Å². The molecule has 3 aromatic carbocycles. The van der Waals surface area contributed by atoms with E-state index in [0.717, 1.165) is 16.7 Å². The molecule has 2 aliphatic heterocycles. The third-order valence-electron chi connectivity index (χ3n) is 6.84. The fourth-order valence-corrected chi connectivity index (χ4v) is 4.88. The molecule has 194 valence electrons. The van der Waals surface area contributed by atoms with Crippen molar-refractivity contribution in [3.8, 4) is 5.75 Å². The molecule has 3 aromatic rings. The van der Waals surface area contributed by atoms with E-state index in [2.05, 4.69) is 0 Å². The van der Waals surface area contributed by atoms with Gasteiger partial charge in [0.2, 0.25) is 11.8 Å². The Morgan fingerprint density at radius 3 is 2.58 bits per heavy atom. The summed E-state index contributed by atoms with van der Waals surface area (Å²) in [6.07, 6.45) is 4.01. The molecular formula is C31H30N2O5. The van der Waals surface area contributed by atoms with Crippen LogP contribution in [0.15, 0.2) is 89.9 Å². The minimum Gasteiger partial charge on any atom is -0.494 e. The monoisotopic (exact) mass is 510 g/mol. The maximum atomic E-state index is 14.1. The van der Waals surface area contributed by atoms with E-state index in [1.165, 1.54) is 11.8 Å². The summed E-state index contributed by atoms with van der Waals surface area (Å²) in [4.78, 5) is 33.0. The molecule has 2 heterocycles. The molecule has 0 fully saturated rings. The van der Waals surface area contributed by atoms with E-state index in [4.69, 9.17) is 19.6 Å². The molecule has 0 bridgehead atoms. The Morgan fingerprint density at radius 2 is 1.84 bits per heavy atom. The van der Waals surface area contributed by atoms with E-state index < -0.39 is 11.6 Å². The van der Waals surface area contributed by atoms with Crippen LogP contribution in [0.2, 0.25) is 0 Å². The van der Waals surface area contributed by atoms with Crippen molar-refractivity contribution in [3.63, 3.8) is 0 Å². The summed E-state index contributed by atoms with van der Waals surface area (Å²) in [7, 11) is 0. The van der Waals surface area contributed by atoms with Gasteiger partial charge in [0.15, 0.2) is 11.6 Å². The van der Waals surface area contributed by atoms with Crippen molar-refractivity contribution in [1.29, 1.82) is 0 Å². The first kappa shape index (κ1) is 25.4. The van der Waals surface area contributed by atoms with Crippen molar-refractivity contribution in [2.45, 2.75) is 38.0 Å². The van der Waals surface area contributed by atoms with Crippen molar-refractivity contribution in [2.24, 2.45) is 4.99 Å². The number of imide groups is 1. The molecule has 0 radical (unpaired) electrons. The highest BCUT2D eigenvalue weighted by molar-refractivity contribution is 6.05. The zero-order valence-corrected chi connectivity index (χ0v) is 21.2. The van der Waals surface area contributed by atoms with Crippen LogP contribution in [-0.4, -0.2) is 46.5 Å². The summed E-state index contributed by atoms with van der Waals surface area (Å²) in [6, 6.07) is 24.8. The predicted octanol–water partition coefficient (Wildman–Crippen LogP) is 4.70. The Bertz CT molecular complexity index is 1370. The number of amides is 2. The molecule has 0 saturated carbocycles. The molecule has 1 N–H and O–H groups in total. The van der Waals surface area contributed by atoms with Crippen LogP contribution < -0.4 is 4.74 Å². The summed E-state index contributed by atoms with van der Waals surface area (Å²) in [5.74, 6) is 0.311. The Kier molecular flexibility index (Phi) is 7.38. The minimum atomic E-state index is -1.34. The molecule has 7 heteroatoms. The molecule has 0 aromatic heterocycles. The second-order valence-electron chi connectivity index (χ2n) is 9.42. The SMILES string of the molecule is CC(=O)N1Cc2ccccc2[C@H]2OC(c3ccc(OCCCO)cc3)=N[C@@]2(C/C=C/c2ccccc2)C1=O. The largest absolute Gasteiger partial charge is 0.494 e. The summed E-state index contributed by atoms with van der Waals surface area (Å²) in [6.45, 7) is 2.07. The zero-order chi connectivity index (χ0) is 26.5. The van der Waals surface area contributed by atoms with Gasteiger partial charge in [-0.3, -0.25) is 14.5 Å². The summed E-state index contributed by atoms with van der Waals surface area (Å²) >= 11 is 0. The number of ether oxygens (including phenoxy) is 2. The van der Waals surface area contributed by atoms with Gasteiger partial charge in [-0.1, -0.05) is 66.7 Å². The van der Waals surface area contributed by atoms with Gasteiger partial charge in [-0.05, 0) is 35.4 Å². The fourth-order valence-electron chi connectivity index (χ4n) is 4.88. The summed E-state index contributed by atoms with van der Waals surface area (Å²) in [5.41, 5.74) is 2.08. The number of aliphatic hydroxyl groups excluding tert-OH is 1. The van der Waals surface area contributed by atoms with Crippen molar-refractivity contribution in [1.82, 2.24) is 4.90 Å². The highest BCUT2D eigenvalue weighted by Crippen LogP contribution is 2.47. The van der Waals surface area contributed by atoms with E-state index in [9.17, 15) is 9.59 Å². The van der Waals surface area contributed by atoms with Crippen molar-refractivity contribution in [3.05, 3.63) is 107 Å². The summed E-state index contributed by atoms with van der Waals surface area (Å²) in [5, 5.41) is 8.98. The molecular weight excluding hydrogens is 480 g/mol. The van der Waals surface area contributed by atoms with Crippen LogP contribution in [0.25, 0.3) is 6.08 Å². The van der Waals surface area contributed by atoms with Crippen LogP contribution in [-0.2, 0) is 20.9 Å². The van der Waals surface area contributed by atoms with Gasteiger partial charge < -0.3 is 14.6 Å². The van der Waals surface area contributed by atoms with E-state index >= 15 is 0 Å². The maximum absolute atomic E-state index is 14.1. The van der Waals surface area contributed by atoms with E-state index in [-0.39, 0.29) is 31.4 Å². The van der Waals surface area contributed by atoms with Gasteiger partial charge in [-0.15, -0.1) is 0 Å². The molecule has 5 rings (SSSR count). The third-order valence-corrected chi connectivity index (χ3v) is 6.84. The number of fused-ring (bicyclic) bond motifs is 3. The average molecular weight is 511 g/mol. The topological polar surface area (TPSA) is 88.4 Å². The Hall–Kier alpha value is -4.23. The van der Waals surface area contributed by atoms with Gasteiger partial charge in [0, 0.05) is 37.5 Å². The highest BCUT2D eigenvalue weighted by Gasteiger charge is 2.56. The number of nitrogens with zero attached hydrogens (tertiary/aromatic N) is 2.